The summed E-state index contributed by atoms with van der Waals surface area (Å²) in [7, 11) is 0. The second-order valence-corrected chi connectivity index (χ2v) is 6.83. The molecule has 1 atom stereocenters. The molecule has 2 aromatic rings. The number of ether oxygens (including phenoxy) is 1. The standard InChI is InChI=1S/C19H24N2O/c1-19(2,3)21-13-14-9-10-16(11-17(14)18(21)12-20)22-15-7-5-4-6-8-15/h4-11,18H,12-13,20H2,1-3H3. The van der Waals surface area contributed by atoms with Gasteiger partial charge in [0.05, 0.1) is 0 Å². The Morgan fingerprint density at radius 1 is 1.09 bits per heavy atom. The van der Waals surface area contributed by atoms with Crippen LogP contribution in [0.3, 0.4) is 0 Å². The molecule has 3 rings (SSSR count). The van der Waals surface area contributed by atoms with Crippen molar-refractivity contribution in [2.24, 2.45) is 5.73 Å². The summed E-state index contributed by atoms with van der Waals surface area (Å²) in [5.41, 5.74) is 8.81. The van der Waals surface area contributed by atoms with Crippen LogP contribution in [0.4, 0.5) is 0 Å². The second-order valence-electron chi connectivity index (χ2n) is 6.83. The summed E-state index contributed by atoms with van der Waals surface area (Å²) >= 11 is 0. The highest BCUT2D eigenvalue weighted by atomic mass is 16.5. The molecular formula is C19H24N2O. The maximum atomic E-state index is 6.06. The van der Waals surface area contributed by atoms with Crippen molar-refractivity contribution in [3.05, 3.63) is 59.7 Å². The molecule has 0 aromatic heterocycles. The molecule has 0 aliphatic carbocycles. The maximum absolute atomic E-state index is 6.06. The van der Waals surface area contributed by atoms with Crippen LogP contribution in [0.15, 0.2) is 48.5 Å². The Kier molecular flexibility index (Phi) is 3.94. The first-order valence-corrected chi connectivity index (χ1v) is 7.81. The molecule has 0 bridgehead atoms. The fourth-order valence-electron chi connectivity index (χ4n) is 3.14. The van der Waals surface area contributed by atoms with Gasteiger partial charge in [-0.1, -0.05) is 24.3 Å². The van der Waals surface area contributed by atoms with E-state index in [2.05, 4.69) is 37.8 Å². The molecule has 1 aliphatic rings. The zero-order valence-electron chi connectivity index (χ0n) is 13.5. The Bertz CT molecular complexity index is 646. The second kappa shape index (κ2) is 5.75. The smallest absolute Gasteiger partial charge is 0.127 e. The topological polar surface area (TPSA) is 38.5 Å². The third kappa shape index (κ3) is 2.87. The van der Waals surface area contributed by atoms with Gasteiger partial charge in [0.25, 0.3) is 0 Å². The molecule has 3 nitrogen and oxygen atoms in total. The number of nitrogens with zero attached hydrogens (tertiary/aromatic N) is 1. The summed E-state index contributed by atoms with van der Waals surface area (Å²) in [6.07, 6.45) is 0. The zero-order valence-corrected chi connectivity index (χ0v) is 13.5. The number of fused-ring (bicyclic) bond motifs is 1. The number of hydrogen-bond donors (Lipinski definition) is 1. The van der Waals surface area contributed by atoms with Crippen LogP contribution >= 0.6 is 0 Å². The Morgan fingerprint density at radius 2 is 1.82 bits per heavy atom. The van der Waals surface area contributed by atoms with Gasteiger partial charge in [-0.3, -0.25) is 4.90 Å². The van der Waals surface area contributed by atoms with Crippen molar-refractivity contribution in [2.45, 2.75) is 38.9 Å². The molecule has 1 aliphatic heterocycles. The minimum atomic E-state index is 0.101. The summed E-state index contributed by atoms with van der Waals surface area (Å²) in [6.45, 7) is 8.29. The van der Waals surface area contributed by atoms with E-state index in [4.69, 9.17) is 10.5 Å². The molecule has 0 fully saturated rings. The van der Waals surface area contributed by atoms with Crippen LogP contribution in [-0.4, -0.2) is 17.0 Å². The fourth-order valence-corrected chi connectivity index (χ4v) is 3.14. The van der Waals surface area contributed by atoms with Crippen LogP contribution in [-0.2, 0) is 6.54 Å². The molecule has 0 saturated heterocycles. The molecule has 0 amide bonds. The van der Waals surface area contributed by atoms with Crippen LogP contribution in [0.25, 0.3) is 0 Å². The largest absolute Gasteiger partial charge is 0.457 e. The Balaban J connectivity index is 1.89. The first kappa shape index (κ1) is 15.1. The summed E-state index contributed by atoms with van der Waals surface area (Å²) in [5.74, 6) is 1.73. The van der Waals surface area contributed by atoms with Crippen molar-refractivity contribution in [1.29, 1.82) is 0 Å². The Morgan fingerprint density at radius 3 is 2.45 bits per heavy atom. The van der Waals surface area contributed by atoms with Crippen LogP contribution < -0.4 is 10.5 Å². The van der Waals surface area contributed by atoms with Crippen molar-refractivity contribution in [3.8, 4) is 11.5 Å². The van der Waals surface area contributed by atoms with E-state index < -0.39 is 0 Å². The van der Waals surface area contributed by atoms with Crippen LogP contribution in [0.1, 0.15) is 37.9 Å². The third-order valence-electron chi connectivity index (χ3n) is 4.26. The minimum Gasteiger partial charge on any atom is -0.457 e. The number of hydrogen-bond acceptors (Lipinski definition) is 3. The van der Waals surface area contributed by atoms with E-state index in [1.165, 1.54) is 11.1 Å². The van der Waals surface area contributed by atoms with E-state index in [1.54, 1.807) is 0 Å². The molecule has 116 valence electrons. The van der Waals surface area contributed by atoms with E-state index in [0.717, 1.165) is 18.0 Å². The van der Waals surface area contributed by atoms with Gasteiger partial charge in [0.1, 0.15) is 11.5 Å². The van der Waals surface area contributed by atoms with E-state index in [0.29, 0.717) is 6.54 Å². The summed E-state index contributed by atoms with van der Waals surface area (Å²) in [4.78, 5) is 2.46. The normalized spacial score (nSPS) is 18.3. The number of benzene rings is 2. The maximum Gasteiger partial charge on any atom is 0.127 e. The van der Waals surface area contributed by atoms with Gasteiger partial charge in [0, 0.05) is 24.7 Å². The molecule has 0 spiro atoms. The van der Waals surface area contributed by atoms with Gasteiger partial charge < -0.3 is 10.5 Å². The predicted octanol–water partition coefficient (Wildman–Crippen LogP) is 4.09. The van der Waals surface area contributed by atoms with Gasteiger partial charge in [-0.15, -0.1) is 0 Å². The highest BCUT2D eigenvalue weighted by Gasteiger charge is 2.36. The van der Waals surface area contributed by atoms with Crippen molar-refractivity contribution in [1.82, 2.24) is 4.90 Å². The molecular weight excluding hydrogens is 272 g/mol. The van der Waals surface area contributed by atoms with Crippen molar-refractivity contribution in [3.63, 3.8) is 0 Å². The van der Waals surface area contributed by atoms with Gasteiger partial charge >= 0.3 is 0 Å². The van der Waals surface area contributed by atoms with Crippen molar-refractivity contribution < 1.29 is 4.74 Å². The van der Waals surface area contributed by atoms with Gasteiger partial charge in [-0.2, -0.15) is 0 Å². The van der Waals surface area contributed by atoms with Crippen molar-refractivity contribution >= 4 is 0 Å². The number of para-hydroxylation sites is 1. The SMILES string of the molecule is CC(C)(C)N1Cc2ccc(Oc3ccccc3)cc2C1CN. The molecule has 22 heavy (non-hydrogen) atoms. The van der Waals surface area contributed by atoms with Crippen LogP contribution in [0.2, 0.25) is 0 Å². The third-order valence-corrected chi connectivity index (χ3v) is 4.26. The van der Waals surface area contributed by atoms with Gasteiger partial charge in [0.15, 0.2) is 0 Å². The lowest BCUT2D eigenvalue weighted by Crippen LogP contribution is -2.42. The van der Waals surface area contributed by atoms with Crippen molar-refractivity contribution in [2.75, 3.05) is 6.54 Å². The first-order valence-electron chi connectivity index (χ1n) is 7.81. The number of rotatable bonds is 3. The lowest BCUT2D eigenvalue weighted by Gasteiger charge is -2.36. The molecule has 3 heteroatoms. The summed E-state index contributed by atoms with van der Waals surface area (Å²) in [6, 6.07) is 16.5. The van der Waals surface area contributed by atoms with Gasteiger partial charge in [-0.25, -0.2) is 0 Å². The quantitative estimate of drug-likeness (QED) is 0.927. The van der Waals surface area contributed by atoms with Crippen LogP contribution in [0.5, 0.6) is 11.5 Å². The van der Waals surface area contributed by atoms with E-state index in [9.17, 15) is 0 Å². The van der Waals surface area contributed by atoms with Gasteiger partial charge in [-0.05, 0) is 56.2 Å². The van der Waals surface area contributed by atoms with Crippen LogP contribution in [0, 0.1) is 0 Å². The predicted molar refractivity (Wildman–Crippen MR) is 90.0 cm³/mol. The fraction of sp³-hybridized carbons (Fsp3) is 0.368. The Hall–Kier alpha value is -1.84. The highest BCUT2D eigenvalue weighted by molar-refractivity contribution is 5.42. The zero-order chi connectivity index (χ0) is 15.7. The molecule has 0 radical (unpaired) electrons. The average molecular weight is 296 g/mol. The average Bonchev–Trinajstić information content (AvgIpc) is 2.86. The lowest BCUT2D eigenvalue weighted by molar-refractivity contribution is 0.0948. The van der Waals surface area contributed by atoms with Gasteiger partial charge in [0.2, 0.25) is 0 Å². The molecule has 2 aromatic carbocycles. The molecule has 1 heterocycles. The monoisotopic (exact) mass is 296 g/mol. The first-order chi connectivity index (χ1) is 10.5. The van der Waals surface area contributed by atoms with E-state index in [-0.39, 0.29) is 11.6 Å². The molecule has 2 N–H and O–H groups in total. The number of nitrogens with two attached hydrogens (primary N) is 1. The highest BCUT2D eigenvalue weighted by Crippen LogP contribution is 2.40. The van der Waals surface area contributed by atoms with E-state index in [1.807, 2.05) is 36.4 Å². The lowest BCUT2D eigenvalue weighted by atomic mass is 10.0. The minimum absolute atomic E-state index is 0.101. The molecule has 0 saturated carbocycles. The summed E-state index contributed by atoms with van der Waals surface area (Å²) < 4.78 is 5.96. The Labute approximate surface area is 132 Å². The molecule has 1 unspecified atom stereocenters. The van der Waals surface area contributed by atoms with E-state index >= 15 is 0 Å². The summed E-state index contributed by atoms with van der Waals surface area (Å²) in [5, 5.41) is 0.